The highest BCUT2D eigenvalue weighted by Gasteiger charge is 2.45. The molecule has 0 spiro atoms. The summed E-state index contributed by atoms with van der Waals surface area (Å²) < 4.78 is 0. The van der Waals surface area contributed by atoms with Crippen molar-refractivity contribution in [2.45, 2.75) is 25.8 Å². The maximum absolute atomic E-state index is 13.2. The number of amides is 1. The summed E-state index contributed by atoms with van der Waals surface area (Å²) >= 11 is 6.01. The highest BCUT2D eigenvalue weighted by atomic mass is 35.5. The number of aromatic amines is 1. The first-order valence-corrected chi connectivity index (χ1v) is 12.0. The van der Waals surface area contributed by atoms with Crippen LogP contribution in [0.4, 0.5) is 0 Å². The molecule has 1 fully saturated rings. The van der Waals surface area contributed by atoms with Crippen LogP contribution in [0.2, 0.25) is 5.02 Å². The molecule has 5 nitrogen and oxygen atoms in total. The van der Waals surface area contributed by atoms with Crippen molar-refractivity contribution in [1.82, 2.24) is 9.88 Å². The summed E-state index contributed by atoms with van der Waals surface area (Å²) in [5.74, 6) is -1.48. The van der Waals surface area contributed by atoms with E-state index in [1.165, 1.54) is 0 Å². The van der Waals surface area contributed by atoms with Gasteiger partial charge in [0.1, 0.15) is 5.76 Å². The molecule has 1 aliphatic heterocycles. The van der Waals surface area contributed by atoms with Crippen LogP contribution in [0.3, 0.4) is 0 Å². The van der Waals surface area contributed by atoms with Gasteiger partial charge in [-0.15, -0.1) is 0 Å². The Morgan fingerprint density at radius 2 is 1.71 bits per heavy atom. The minimum atomic E-state index is -0.680. The van der Waals surface area contributed by atoms with E-state index >= 15 is 0 Å². The molecule has 0 radical (unpaired) electrons. The van der Waals surface area contributed by atoms with Gasteiger partial charge in [0, 0.05) is 34.2 Å². The van der Waals surface area contributed by atoms with Gasteiger partial charge in [-0.2, -0.15) is 0 Å². The van der Waals surface area contributed by atoms with Crippen LogP contribution < -0.4 is 0 Å². The molecule has 0 saturated carbocycles. The number of rotatable bonds is 6. The second-order valence-electron chi connectivity index (χ2n) is 8.70. The Morgan fingerprint density at radius 1 is 1.00 bits per heavy atom. The molecule has 0 aliphatic carbocycles. The van der Waals surface area contributed by atoms with E-state index in [4.69, 9.17) is 11.6 Å². The smallest absolute Gasteiger partial charge is 0.295 e. The van der Waals surface area contributed by atoms with Crippen molar-refractivity contribution >= 4 is 40.0 Å². The number of aromatic nitrogens is 1. The largest absolute Gasteiger partial charge is 0.507 e. The number of hydrogen-bond donors (Lipinski definition) is 2. The Kier molecular flexibility index (Phi) is 6.18. The third-order valence-corrected chi connectivity index (χ3v) is 6.91. The molecule has 1 saturated heterocycles. The number of halogens is 1. The number of nitrogens with one attached hydrogen (secondary N) is 1. The zero-order valence-electron chi connectivity index (χ0n) is 19.3. The van der Waals surface area contributed by atoms with E-state index in [0.717, 1.165) is 34.0 Å². The molecule has 35 heavy (non-hydrogen) atoms. The van der Waals surface area contributed by atoms with Crippen LogP contribution in [0.25, 0.3) is 16.7 Å². The standard InChI is InChI=1S/C29H25ClN2O3/c1-2-18-7-9-19(10-8-18)26-25(27(33)20-11-13-22(30)14-12-20)28(34)29(35)32(26)16-15-21-17-31-24-6-4-3-5-23(21)24/h3-14,17,26,31,33H,2,15-16H2,1H3/b27-25-. The molecule has 1 unspecified atom stereocenters. The quantitative estimate of drug-likeness (QED) is 0.199. The first-order valence-electron chi connectivity index (χ1n) is 11.7. The Morgan fingerprint density at radius 3 is 2.43 bits per heavy atom. The number of benzene rings is 3. The number of carbonyl (C=O) groups excluding carboxylic acids is 2. The van der Waals surface area contributed by atoms with Crippen LogP contribution in [-0.2, 0) is 22.4 Å². The maximum atomic E-state index is 13.2. The normalized spacial score (nSPS) is 17.4. The second-order valence-corrected chi connectivity index (χ2v) is 9.14. The predicted molar refractivity (Wildman–Crippen MR) is 138 cm³/mol. The SMILES string of the molecule is CCc1ccc(C2/C(=C(/O)c3ccc(Cl)cc3)C(=O)C(=O)N2CCc2c[nH]c3ccccc23)cc1. The maximum Gasteiger partial charge on any atom is 0.295 e. The second kappa shape index (κ2) is 9.43. The number of H-pyrrole nitrogens is 1. The van der Waals surface area contributed by atoms with Crippen LogP contribution in [-0.4, -0.2) is 33.2 Å². The number of para-hydroxylation sites is 1. The van der Waals surface area contributed by atoms with Crippen LogP contribution in [0.15, 0.2) is 84.6 Å². The lowest BCUT2D eigenvalue weighted by atomic mass is 9.94. The summed E-state index contributed by atoms with van der Waals surface area (Å²) in [7, 11) is 0. The van der Waals surface area contributed by atoms with Crippen molar-refractivity contribution in [2.24, 2.45) is 0 Å². The topological polar surface area (TPSA) is 73.4 Å². The molecule has 0 bridgehead atoms. The van der Waals surface area contributed by atoms with E-state index in [-0.39, 0.29) is 11.3 Å². The fraction of sp³-hybridized carbons (Fsp3) is 0.172. The van der Waals surface area contributed by atoms with Gasteiger partial charge < -0.3 is 15.0 Å². The highest BCUT2D eigenvalue weighted by molar-refractivity contribution is 6.46. The summed E-state index contributed by atoms with van der Waals surface area (Å²) in [6, 6.07) is 21.8. The molecule has 1 amide bonds. The zero-order valence-corrected chi connectivity index (χ0v) is 20.0. The molecule has 1 aromatic heterocycles. The Balaban J connectivity index is 1.56. The lowest BCUT2D eigenvalue weighted by Crippen LogP contribution is -2.31. The van der Waals surface area contributed by atoms with Gasteiger partial charge in [-0.1, -0.05) is 61.0 Å². The van der Waals surface area contributed by atoms with E-state index < -0.39 is 17.7 Å². The van der Waals surface area contributed by atoms with Crippen LogP contribution in [0.1, 0.15) is 35.2 Å². The number of likely N-dealkylation sites (tertiary alicyclic amines) is 1. The first-order chi connectivity index (χ1) is 17.0. The molecule has 3 aromatic carbocycles. The summed E-state index contributed by atoms with van der Waals surface area (Å²) in [5, 5.41) is 12.8. The van der Waals surface area contributed by atoms with E-state index in [0.29, 0.717) is 23.6 Å². The van der Waals surface area contributed by atoms with Crippen LogP contribution in [0.5, 0.6) is 0 Å². The van der Waals surface area contributed by atoms with Gasteiger partial charge in [-0.3, -0.25) is 9.59 Å². The fourth-order valence-electron chi connectivity index (χ4n) is 4.74. The average molecular weight is 485 g/mol. The predicted octanol–water partition coefficient (Wildman–Crippen LogP) is 6.05. The number of carbonyl (C=O) groups is 2. The van der Waals surface area contributed by atoms with Gasteiger partial charge in [0.25, 0.3) is 11.7 Å². The van der Waals surface area contributed by atoms with Crippen LogP contribution in [0, 0.1) is 0 Å². The van der Waals surface area contributed by atoms with Crippen molar-refractivity contribution in [2.75, 3.05) is 6.54 Å². The minimum absolute atomic E-state index is 0.0977. The van der Waals surface area contributed by atoms with Crippen molar-refractivity contribution in [3.63, 3.8) is 0 Å². The Labute approximate surface area is 208 Å². The fourth-order valence-corrected chi connectivity index (χ4v) is 4.86. The number of fused-ring (bicyclic) bond motifs is 1. The molecule has 176 valence electrons. The lowest BCUT2D eigenvalue weighted by Gasteiger charge is -2.25. The van der Waals surface area contributed by atoms with E-state index in [1.807, 2.05) is 54.7 Å². The molecule has 1 aliphatic rings. The number of aliphatic hydroxyl groups is 1. The molecule has 2 N–H and O–H groups in total. The lowest BCUT2D eigenvalue weighted by molar-refractivity contribution is -0.139. The number of nitrogens with zero attached hydrogens (tertiary/aromatic N) is 1. The summed E-state index contributed by atoms with van der Waals surface area (Å²) in [4.78, 5) is 31.3. The first kappa shape index (κ1) is 22.9. The summed E-state index contributed by atoms with van der Waals surface area (Å²) in [6.45, 7) is 2.41. The average Bonchev–Trinajstić information content (AvgIpc) is 3.41. The number of aryl methyl sites for hydroxylation is 1. The molecular formula is C29H25ClN2O3. The van der Waals surface area contributed by atoms with E-state index in [1.54, 1.807) is 29.2 Å². The number of aliphatic hydroxyl groups excluding tert-OH is 1. The monoisotopic (exact) mass is 484 g/mol. The van der Waals surface area contributed by atoms with Gasteiger partial charge in [0.15, 0.2) is 0 Å². The van der Waals surface area contributed by atoms with Gasteiger partial charge in [0.05, 0.1) is 11.6 Å². The van der Waals surface area contributed by atoms with Gasteiger partial charge in [0.2, 0.25) is 0 Å². The van der Waals surface area contributed by atoms with Gasteiger partial charge in [-0.05, 0) is 59.9 Å². The molecule has 1 atom stereocenters. The molecule has 4 aromatic rings. The Hall–Kier alpha value is -3.83. The molecule has 5 rings (SSSR count). The van der Waals surface area contributed by atoms with E-state index in [2.05, 4.69) is 11.9 Å². The highest BCUT2D eigenvalue weighted by Crippen LogP contribution is 2.39. The van der Waals surface area contributed by atoms with Crippen LogP contribution >= 0.6 is 11.6 Å². The molecule has 2 heterocycles. The number of ketones is 1. The molecule has 6 heteroatoms. The number of hydrogen-bond acceptors (Lipinski definition) is 3. The van der Waals surface area contributed by atoms with Crippen molar-refractivity contribution in [3.05, 3.63) is 112 Å². The zero-order chi connectivity index (χ0) is 24.5. The third-order valence-electron chi connectivity index (χ3n) is 6.66. The summed E-state index contributed by atoms with van der Waals surface area (Å²) in [5.41, 5.74) is 4.58. The van der Waals surface area contributed by atoms with Crippen molar-refractivity contribution in [3.8, 4) is 0 Å². The van der Waals surface area contributed by atoms with Crippen molar-refractivity contribution < 1.29 is 14.7 Å². The molecular weight excluding hydrogens is 460 g/mol. The van der Waals surface area contributed by atoms with E-state index in [9.17, 15) is 14.7 Å². The van der Waals surface area contributed by atoms with Gasteiger partial charge >= 0.3 is 0 Å². The Bertz CT molecular complexity index is 1440. The van der Waals surface area contributed by atoms with Gasteiger partial charge in [-0.25, -0.2) is 0 Å². The van der Waals surface area contributed by atoms with Crippen molar-refractivity contribution in [1.29, 1.82) is 0 Å². The minimum Gasteiger partial charge on any atom is -0.507 e. The summed E-state index contributed by atoms with van der Waals surface area (Å²) in [6.07, 6.45) is 3.40. The third kappa shape index (κ3) is 4.24. The number of Topliss-reactive ketones (excluding diaryl/α,β-unsaturated/α-hetero) is 1.